The maximum Gasteiger partial charge on any atom is 0.338 e. The van der Waals surface area contributed by atoms with Gasteiger partial charge in [0.05, 0.1) is 12.2 Å². The lowest BCUT2D eigenvalue weighted by Gasteiger charge is -2.01. The highest BCUT2D eigenvalue weighted by atomic mass is 16.5. The average Bonchev–Trinajstić information content (AvgIpc) is 2.25. The molecule has 1 rings (SSSR count). The van der Waals surface area contributed by atoms with Crippen molar-refractivity contribution in [2.75, 3.05) is 6.61 Å². The van der Waals surface area contributed by atoms with E-state index >= 15 is 0 Å². The lowest BCUT2D eigenvalue weighted by Crippen LogP contribution is -2.05. The Morgan fingerprint density at radius 2 is 2.07 bits per heavy atom. The molecule has 2 heteroatoms. The molecule has 2 nitrogen and oxygen atoms in total. The molecule has 0 N–H and O–H groups in total. The highest BCUT2D eigenvalue weighted by Gasteiger charge is 2.03. The Kier molecular flexibility index (Phi) is 4.48. The molecule has 0 heterocycles. The number of carbonyl (C=O) groups excluding carboxylic acids is 1. The first kappa shape index (κ1) is 10.5. The van der Waals surface area contributed by atoms with Gasteiger partial charge in [-0.2, -0.15) is 0 Å². The van der Waals surface area contributed by atoms with Gasteiger partial charge in [0.2, 0.25) is 0 Å². The lowest BCUT2D eigenvalue weighted by atomic mass is 10.2. The van der Waals surface area contributed by atoms with Gasteiger partial charge in [-0.05, 0) is 25.5 Å². The molecule has 0 spiro atoms. The lowest BCUT2D eigenvalue weighted by molar-refractivity contribution is 0.0511. The molecule has 0 aliphatic rings. The first-order chi connectivity index (χ1) is 6.84. The Morgan fingerprint density at radius 1 is 1.36 bits per heavy atom. The maximum absolute atomic E-state index is 11.4. The summed E-state index contributed by atoms with van der Waals surface area (Å²) in [5.74, 6) is -0.255. The number of esters is 1. The minimum Gasteiger partial charge on any atom is -0.462 e. The predicted molar refractivity (Wildman–Crippen MR) is 56.2 cm³/mol. The van der Waals surface area contributed by atoms with E-state index in [2.05, 4.69) is 0 Å². The molecule has 1 aromatic rings. The summed E-state index contributed by atoms with van der Waals surface area (Å²) in [6, 6.07) is 9.01. The molecule has 0 atom stereocenters. The highest BCUT2D eigenvalue weighted by Crippen LogP contribution is 2.01. The Bertz CT molecular complexity index is 301. The Hall–Kier alpha value is -1.57. The Balaban J connectivity index is 2.36. The largest absolute Gasteiger partial charge is 0.462 e. The van der Waals surface area contributed by atoms with E-state index in [0.717, 1.165) is 6.42 Å². The van der Waals surface area contributed by atoms with Gasteiger partial charge >= 0.3 is 5.97 Å². The molecule has 14 heavy (non-hydrogen) atoms. The van der Waals surface area contributed by atoms with Gasteiger partial charge in [-0.3, -0.25) is 0 Å². The fraction of sp³-hybridized carbons (Fsp3) is 0.250. The van der Waals surface area contributed by atoms with Gasteiger partial charge in [0, 0.05) is 0 Å². The molecule has 74 valence electrons. The van der Waals surface area contributed by atoms with Crippen LogP contribution in [0.4, 0.5) is 0 Å². The van der Waals surface area contributed by atoms with Crippen molar-refractivity contribution in [1.29, 1.82) is 0 Å². The molecule has 0 aliphatic heterocycles. The van der Waals surface area contributed by atoms with Crippen molar-refractivity contribution in [2.24, 2.45) is 0 Å². The van der Waals surface area contributed by atoms with E-state index in [1.165, 1.54) is 0 Å². The van der Waals surface area contributed by atoms with Crippen LogP contribution in [0, 0.1) is 0 Å². The summed E-state index contributed by atoms with van der Waals surface area (Å²) in [6.45, 7) is 2.39. The van der Waals surface area contributed by atoms with Gasteiger partial charge in [0.1, 0.15) is 0 Å². The summed E-state index contributed by atoms with van der Waals surface area (Å²) in [6.07, 6.45) is 4.68. The number of hydrogen-bond donors (Lipinski definition) is 0. The molecule has 1 aromatic carbocycles. The van der Waals surface area contributed by atoms with E-state index in [4.69, 9.17) is 4.74 Å². The van der Waals surface area contributed by atoms with E-state index < -0.39 is 0 Å². The number of hydrogen-bond acceptors (Lipinski definition) is 2. The maximum atomic E-state index is 11.4. The van der Waals surface area contributed by atoms with Gasteiger partial charge in [0.15, 0.2) is 0 Å². The smallest absolute Gasteiger partial charge is 0.338 e. The molecule has 0 bridgehead atoms. The van der Waals surface area contributed by atoms with Crippen LogP contribution in [0.25, 0.3) is 0 Å². The average molecular weight is 190 g/mol. The van der Waals surface area contributed by atoms with Crippen molar-refractivity contribution >= 4 is 5.97 Å². The van der Waals surface area contributed by atoms with Crippen LogP contribution in [0.3, 0.4) is 0 Å². The van der Waals surface area contributed by atoms with Crippen LogP contribution >= 0.6 is 0 Å². The van der Waals surface area contributed by atoms with Crippen molar-refractivity contribution in [2.45, 2.75) is 13.3 Å². The third-order valence-corrected chi connectivity index (χ3v) is 1.76. The van der Waals surface area contributed by atoms with Gasteiger partial charge < -0.3 is 4.74 Å². The molecule has 0 aliphatic carbocycles. The number of rotatable bonds is 4. The molecule has 0 saturated heterocycles. The number of benzene rings is 1. The zero-order chi connectivity index (χ0) is 10.2. The second-order valence-corrected chi connectivity index (χ2v) is 2.86. The molecule has 0 unspecified atom stereocenters. The SMILES string of the molecule is CC=CCCOC(=O)c1ccccc1. The summed E-state index contributed by atoms with van der Waals surface area (Å²) in [4.78, 5) is 11.4. The minimum atomic E-state index is -0.255. The number of carbonyl (C=O) groups is 1. The molecule has 0 aromatic heterocycles. The van der Waals surface area contributed by atoms with E-state index in [1.807, 2.05) is 37.3 Å². The fourth-order valence-electron chi connectivity index (χ4n) is 1.04. The van der Waals surface area contributed by atoms with Crippen LogP contribution in [0.5, 0.6) is 0 Å². The molecular formula is C12H14O2. The van der Waals surface area contributed by atoms with Crippen LogP contribution in [0.15, 0.2) is 42.5 Å². The van der Waals surface area contributed by atoms with Crippen LogP contribution in [0.2, 0.25) is 0 Å². The van der Waals surface area contributed by atoms with Crippen molar-refractivity contribution in [3.8, 4) is 0 Å². The van der Waals surface area contributed by atoms with E-state index in [1.54, 1.807) is 12.1 Å². The third kappa shape index (κ3) is 3.44. The molecular weight excluding hydrogens is 176 g/mol. The third-order valence-electron chi connectivity index (χ3n) is 1.76. The van der Waals surface area contributed by atoms with E-state index in [9.17, 15) is 4.79 Å². The summed E-state index contributed by atoms with van der Waals surface area (Å²) < 4.78 is 5.04. The van der Waals surface area contributed by atoms with Crippen LogP contribution in [-0.4, -0.2) is 12.6 Å². The van der Waals surface area contributed by atoms with Crippen LogP contribution in [-0.2, 0) is 4.74 Å². The Labute approximate surface area is 84.2 Å². The van der Waals surface area contributed by atoms with Gasteiger partial charge in [-0.25, -0.2) is 4.79 Å². The normalized spacial score (nSPS) is 10.4. The molecule has 0 saturated carbocycles. The summed E-state index contributed by atoms with van der Waals surface area (Å²) in [5, 5.41) is 0. The number of ether oxygens (including phenoxy) is 1. The highest BCUT2D eigenvalue weighted by molar-refractivity contribution is 5.89. The van der Waals surface area contributed by atoms with Gasteiger partial charge in [-0.15, -0.1) is 0 Å². The molecule has 0 amide bonds. The zero-order valence-corrected chi connectivity index (χ0v) is 8.27. The van der Waals surface area contributed by atoms with Crippen molar-refractivity contribution < 1.29 is 9.53 Å². The second-order valence-electron chi connectivity index (χ2n) is 2.86. The second kappa shape index (κ2) is 5.97. The zero-order valence-electron chi connectivity index (χ0n) is 8.27. The predicted octanol–water partition coefficient (Wildman–Crippen LogP) is 2.81. The van der Waals surface area contributed by atoms with Crippen molar-refractivity contribution in [3.63, 3.8) is 0 Å². The summed E-state index contributed by atoms with van der Waals surface area (Å²) in [7, 11) is 0. The monoisotopic (exact) mass is 190 g/mol. The topological polar surface area (TPSA) is 26.3 Å². The fourth-order valence-corrected chi connectivity index (χ4v) is 1.04. The van der Waals surface area contributed by atoms with Crippen LogP contribution < -0.4 is 0 Å². The summed E-state index contributed by atoms with van der Waals surface area (Å²) in [5.41, 5.74) is 0.605. The number of allylic oxidation sites excluding steroid dienone is 1. The first-order valence-electron chi connectivity index (χ1n) is 4.68. The van der Waals surface area contributed by atoms with Crippen molar-refractivity contribution in [3.05, 3.63) is 48.0 Å². The first-order valence-corrected chi connectivity index (χ1v) is 4.68. The van der Waals surface area contributed by atoms with Crippen molar-refractivity contribution in [1.82, 2.24) is 0 Å². The Morgan fingerprint density at radius 3 is 2.71 bits per heavy atom. The van der Waals surface area contributed by atoms with Crippen LogP contribution in [0.1, 0.15) is 23.7 Å². The molecule has 0 fully saturated rings. The minimum absolute atomic E-state index is 0.255. The summed E-state index contributed by atoms with van der Waals surface area (Å²) >= 11 is 0. The van der Waals surface area contributed by atoms with E-state index in [-0.39, 0.29) is 5.97 Å². The molecule has 0 radical (unpaired) electrons. The van der Waals surface area contributed by atoms with E-state index in [0.29, 0.717) is 12.2 Å². The van der Waals surface area contributed by atoms with Gasteiger partial charge in [-0.1, -0.05) is 30.4 Å². The standard InChI is InChI=1S/C12H14O2/c1-2-3-7-10-14-12(13)11-8-5-4-6-9-11/h2-6,8-9H,7,10H2,1H3. The quantitative estimate of drug-likeness (QED) is 0.414. The van der Waals surface area contributed by atoms with Gasteiger partial charge in [0.25, 0.3) is 0 Å².